The molecule has 104 valence electrons. The predicted molar refractivity (Wildman–Crippen MR) is 68.1 cm³/mol. The van der Waals surface area contributed by atoms with Gasteiger partial charge in [0.2, 0.25) is 20.0 Å². The van der Waals surface area contributed by atoms with Gasteiger partial charge in [-0.3, -0.25) is 0 Å². The molecule has 1 aliphatic rings. The molecule has 0 amide bonds. The van der Waals surface area contributed by atoms with Crippen molar-refractivity contribution in [2.45, 2.75) is 5.79 Å². The molecule has 0 fully saturated rings. The number of nitrogens with one attached hydrogen (secondary N) is 3. The SMILES string of the molecule is CS(=O)(=O)NC1(NS(C)(=O)=O)C=C(CN)C=CN1. The van der Waals surface area contributed by atoms with Crippen LogP contribution in [0.1, 0.15) is 0 Å². The summed E-state index contributed by atoms with van der Waals surface area (Å²) >= 11 is 0. The van der Waals surface area contributed by atoms with Crippen molar-refractivity contribution in [3.8, 4) is 0 Å². The van der Waals surface area contributed by atoms with Crippen molar-refractivity contribution in [1.29, 1.82) is 0 Å². The van der Waals surface area contributed by atoms with E-state index < -0.39 is 25.8 Å². The molecule has 0 aromatic carbocycles. The Morgan fingerprint density at radius 2 is 1.72 bits per heavy atom. The monoisotopic (exact) mass is 296 g/mol. The summed E-state index contributed by atoms with van der Waals surface area (Å²) in [4.78, 5) is 0. The van der Waals surface area contributed by atoms with Crippen molar-refractivity contribution >= 4 is 20.0 Å². The molecule has 0 aromatic rings. The summed E-state index contributed by atoms with van der Waals surface area (Å²) in [7, 11) is -7.29. The van der Waals surface area contributed by atoms with Gasteiger partial charge in [-0.25, -0.2) is 16.8 Å². The van der Waals surface area contributed by atoms with Crippen LogP contribution in [0.25, 0.3) is 0 Å². The van der Waals surface area contributed by atoms with E-state index in [9.17, 15) is 16.8 Å². The molecular weight excluding hydrogens is 280 g/mol. The summed E-state index contributed by atoms with van der Waals surface area (Å²) in [5.41, 5.74) is 6.03. The van der Waals surface area contributed by atoms with Crippen LogP contribution in [0.15, 0.2) is 23.9 Å². The largest absolute Gasteiger partial charge is 0.356 e. The minimum Gasteiger partial charge on any atom is -0.356 e. The number of sulfonamides is 2. The molecule has 5 N–H and O–H groups in total. The van der Waals surface area contributed by atoms with Gasteiger partial charge in [-0.2, -0.15) is 9.44 Å². The lowest BCUT2D eigenvalue weighted by Gasteiger charge is -2.34. The Hall–Kier alpha value is -0.940. The summed E-state index contributed by atoms with van der Waals surface area (Å²) in [5, 5.41) is 2.62. The van der Waals surface area contributed by atoms with Crippen LogP contribution in [-0.2, 0) is 20.0 Å². The van der Waals surface area contributed by atoms with Gasteiger partial charge in [-0.1, -0.05) is 0 Å². The molecule has 0 saturated carbocycles. The second-order valence-electron chi connectivity index (χ2n) is 3.96. The maximum Gasteiger partial charge on any atom is 0.211 e. The van der Waals surface area contributed by atoms with Gasteiger partial charge >= 0.3 is 0 Å². The average Bonchev–Trinajstić information content (AvgIpc) is 2.11. The van der Waals surface area contributed by atoms with E-state index in [0.717, 1.165) is 12.5 Å². The highest BCUT2D eigenvalue weighted by molar-refractivity contribution is 7.89. The van der Waals surface area contributed by atoms with E-state index in [2.05, 4.69) is 14.8 Å². The zero-order valence-corrected chi connectivity index (χ0v) is 11.6. The van der Waals surface area contributed by atoms with E-state index in [4.69, 9.17) is 5.73 Å². The molecule has 1 rings (SSSR count). The van der Waals surface area contributed by atoms with Gasteiger partial charge in [0.05, 0.1) is 12.5 Å². The lowest BCUT2D eigenvalue weighted by molar-refractivity contribution is 0.388. The Morgan fingerprint density at radius 1 is 1.22 bits per heavy atom. The molecule has 1 heterocycles. The molecule has 0 bridgehead atoms. The van der Waals surface area contributed by atoms with Gasteiger partial charge in [0.1, 0.15) is 0 Å². The highest BCUT2D eigenvalue weighted by Crippen LogP contribution is 2.12. The van der Waals surface area contributed by atoms with Crippen molar-refractivity contribution in [2.24, 2.45) is 5.73 Å². The van der Waals surface area contributed by atoms with Crippen LogP contribution in [0.4, 0.5) is 0 Å². The van der Waals surface area contributed by atoms with E-state index in [-0.39, 0.29) is 6.54 Å². The second kappa shape index (κ2) is 4.97. The molecule has 10 heteroatoms. The van der Waals surface area contributed by atoms with Crippen LogP contribution in [0, 0.1) is 0 Å². The van der Waals surface area contributed by atoms with Crippen LogP contribution in [0.3, 0.4) is 0 Å². The normalized spacial score (nSPS) is 19.2. The highest BCUT2D eigenvalue weighted by Gasteiger charge is 2.34. The average molecular weight is 296 g/mol. The quantitative estimate of drug-likeness (QED) is 0.424. The summed E-state index contributed by atoms with van der Waals surface area (Å²) in [6.45, 7) is 0.150. The van der Waals surface area contributed by atoms with Crippen molar-refractivity contribution < 1.29 is 16.8 Å². The van der Waals surface area contributed by atoms with Crippen molar-refractivity contribution in [2.75, 3.05) is 19.1 Å². The molecule has 1 aliphatic heterocycles. The van der Waals surface area contributed by atoms with Crippen LogP contribution >= 0.6 is 0 Å². The smallest absolute Gasteiger partial charge is 0.211 e. The molecular formula is C8H16N4O4S2. The molecule has 0 radical (unpaired) electrons. The number of nitrogens with two attached hydrogens (primary N) is 1. The first kappa shape index (κ1) is 15.1. The summed E-state index contributed by atoms with van der Waals surface area (Å²) < 4.78 is 49.6. The van der Waals surface area contributed by atoms with E-state index in [1.165, 1.54) is 12.3 Å². The fraction of sp³-hybridized carbons (Fsp3) is 0.500. The molecule has 0 atom stereocenters. The minimum atomic E-state index is -3.64. The molecule has 8 nitrogen and oxygen atoms in total. The van der Waals surface area contributed by atoms with Gasteiger partial charge in [-0.15, -0.1) is 0 Å². The number of hydrogen-bond acceptors (Lipinski definition) is 6. The van der Waals surface area contributed by atoms with E-state index in [0.29, 0.717) is 5.57 Å². The lowest BCUT2D eigenvalue weighted by atomic mass is 10.1. The van der Waals surface area contributed by atoms with E-state index in [1.54, 1.807) is 6.08 Å². The fourth-order valence-corrected chi connectivity index (χ4v) is 3.07. The van der Waals surface area contributed by atoms with Gasteiger partial charge < -0.3 is 11.1 Å². The van der Waals surface area contributed by atoms with Crippen LogP contribution < -0.4 is 20.5 Å². The van der Waals surface area contributed by atoms with Crippen molar-refractivity contribution in [1.82, 2.24) is 14.8 Å². The first-order chi connectivity index (χ1) is 8.05. The predicted octanol–water partition coefficient (Wildman–Crippen LogP) is -2.26. The third-order valence-electron chi connectivity index (χ3n) is 1.94. The van der Waals surface area contributed by atoms with Crippen LogP contribution in [-0.4, -0.2) is 41.7 Å². The van der Waals surface area contributed by atoms with E-state index in [1.807, 2.05) is 0 Å². The van der Waals surface area contributed by atoms with Gasteiger partial charge in [0.25, 0.3) is 0 Å². The van der Waals surface area contributed by atoms with Crippen LogP contribution in [0.2, 0.25) is 0 Å². The molecule has 0 spiro atoms. The third-order valence-corrected chi connectivity index (χ3v) is 3.32. The highest BCUT2D eigenvalue weighted by atomic mass is 32.2. The zero-order valence-electron chi connectivity index (χ0n) is 9.97. The van der Waals surface area contributed by atoms with Crippen LogP contribution in [0.5, 0.6) is 0 Å². The summed E-state index contributed by atoms with van der Waals surface area (Å²) in [6, 6.07) is 0. The molecule has 0 saturated heterocycles. The van der Waals surface area contributed by atoms with Crippen molar-refractivity contribution in [3.63, 3.8) is 0 Å². The first-order valence-corrected chi connectivity index (χ1v) is 8.67. The lowest BCUT2D eigenvalue weighted by Crippen LogP contribution is -2.66. The maximum atomic E-state index is 11.3. The summed E-state index contributed by atoms with van der Waals surface area (Å²) in [6.07, 6.45) is 6.25. The first-order valence-electron chi connectivity index (χ1n) is 4.89. The second-order valence-corrected chi connectivity index (χ2v) is 7.45. The number of rotatable bonds is 5. The van der Waals surface area contributed by atoms with E-state index >= 15 is 0 Å². The van der Waals surface area contributed by atoms with Gasteiger partial charge in [0.15, 0.2) is 5.79 Å². The molecule has 0 aromatic heterocycles. The summed E-state index contributed by atoms with van der Waals surface area (Å²) in [5.74, 6) is -1.63. The number of hydrogen-bond donors (Lipinski definition) is 4. The minimum absolute atomic E-state index is 0.150. The Bertz CT molecular complexity index is 542. The Balaban J connectivity index is 3.19. The number of dihydropyridines is 1. The fourth-order valence-electron chi connectivity index (χ4n) is 1.50. The zero-order chi connectivity index (χ0) is 14.0. The Labute approximate surface area is 106 Å². The standard InChI is InChI=1S/C8H16N4O4S2/c1-17(13,14)11-8(12-18(2,15)16)5-7(6-9)3-4-10-8/h3-5,10-12H,6,9H2,1-2H3. The molecule has 18 heavy (non-hydrogen) atoms. The Morgan fingerprint density at radius 3 is 2.11 bits per heavy atom. The van der Waals surface area contributed by atoms with Gasteiger partial charge in [-0.05, 0) is 23.9 Å². The molecule has 0 unspecified atom stereocenters. The van der Waals surface area contributed by atoms with Gasteiger partial charge in [0, 0.05) is 6.54 Å². The topological polar surface area (TPSA) is 130 Å². The third kappa shape index (κ3) is 4.74. The Kier molecular flexibility index (Phi) is 4.18. The van der Waals surface area contributed by atoms with Crippen molar-refractivity contribution in [3.05, 3.63) is 23.9 Å². The molecule has 0 aliphatic carbocycles. The maximum absolute atomic E-state index is 11.3.